The number of aryl methyl sites for hydroxylation is 1. The van der Waals surface area contributed by atoms with E-state index in [0.29, 0.717) is 5.92 Å². The molecular formula is C19H24N2O. The van der Waals surface area contributed by atoms with E-state index in [1.54, 1.807) is 4.68 Å². The van der Waals surface area contributed by atoms with Gasteiger partial charge < -0.3 is 0 Å². The van der Waals surface area contributed by atoms with Gasteiger partial charge in [0.1, 0.15) is 0 Å². The summed E-state index contributed by atoms with van der Waals surface area (Å²) in [5.74, 6) is 0.391. The molecule has 4 rings (SSSR count). The van der Waals surface area contributed by atoms with Crippen LogP contribution in [-0.2, 0) is 5.41 Å². The van der Waals surface area contributed by atoms with Crippen LogP contribution in [-0.4, -0.2) is 9.78 Å². The van der Waals surface area contributed by atoms with E-state index in [1.807, 2.05) is 12.1 Å². The Morgan fingerprint density at radius 2 is 1.95 bits per heavy atom. The SMILES string of the molecule is Cc1cccc(-n2[nH]c3c(c2=O)[C@H]2CC[C@]3(C)C2(C)C)c1C. The van der Waals surface area contributed by atoms with E-state index in [-0.39, 0.29) is 16.4 Å². The molecule has 1 aromatic heterocycles. The number of benzene rings is 1. The molecule has 0 radical (unpaired) electrons. The van der Waals surface area contributed by atoms with Gasteiger partial charge >= 0.3 is 0 Å². The second kappa shape index (κ2) is 3.95. The van der Waals surface area contributed by atoms with Gasteiger partial charge in [-0.2, -0.15) is 0 Å². The zero-order valence-electron chi connectivity index (χ0n) is 14.1. The standard InChI is InChI=1S/C19H24N2O/c1-11-7-6-8-14(12(11)2)21-17(22)15-13-9-10-19(5,16(15)20-21)18(13,3)4/h6-8,13,20H,9-10H2,1-5H3/t13-,19+/m1/s1. The summed E-state index contributed by atoms with van der Waals surface area (Å²) in [7, 11) is 0. The molecule has 1 N–H and O–H groups in total. The quantitative estimate of drug-likeness (QED) is 0.850. The van der Waals surface area contributed by atoms with Crippen molar-refractivity contribution in [2.45, 2.75) is 58.8 Å². The monoisotopic (exact) mass is 296 g/mol. The molecular weight excluding hydrogens is 272 g/mol. The molecule has 1 aromatic carbocycles. The Bertz CT molecular complexity index is 840. The lowest BCUT2D eigenvalue weighted by molar-refractivity contribution is 0.224. The number of aromatic amines is 1. The summed E-state index contributed by atoms with van der Waals surface area (Å²) in [5, 5.41) is 3.48. The molecule has 1 saturated carbocycles. The van der Waals surface area contributed by atoms with Crippen molar-refractivity contribution < 1.29 is 0 Å². The van der Waals surface area contributed by atoms with Gasteiger partial charge in [-0.3, -0.25) is 9.89 Å². The molecule has 1 fully saturated rings. The lowest BCUT2D eigenvalue weighted by Gasteiger charge is -2.34. The van der Waals surface area contributed by atoms with Crippen LogP contribution in [0, 0.1) is 19.3 Å². The zero-order valence-corrected chi connectivity index (χ0v) is 14.1. The van der Waals surface area contributed by atoms with E-state index in [4.69, 9.17) is 0 Å². The topological polar surface area (TPSA) is 37.8 Å². The number of H-pyrrole nitrogens is 1. The van der Waals surface area contributed by atoms with Crippen molar-refractivity contribution in [1.82, 2.24) is 9.78 Å². The molecule has 3 nitrogen and oxygen atoms in total. The molecule has 2 bridgehead atoms. The summed E-state index contributed by atoms with van der Waals surface area (Å²) >= 11 is 0. The van der Waals surface area contributed by atoms with E-state index in [1.165, 1.54) is 23.2 Å². The van der Waals surface area contributed by atoms with Crippen LogP contribution in [0.1, 0.15) is 61.9 Å². The Morgan fingerprint density at radius 3 is 2.64 bits per heavy atom. The van der Waals surface area contributed by atoms with Crippen molar-refractivity contribution in [2.24, 2.45) is 5.41 Å². The first kappa shape index (κ1) is 13.9. The lowest BCUT2D eigenvalue weighted by atomic mass is 9.70. The average molecular weight is 296 g/mol. The van der Waals surface area contributed by atoms with E-state index < -0.39 is 0 Å². The smallest absolute Gasteiger partial charge is 0.275 e. The van der Waals surface area contributed by atoms with Gasteiger partial charge in [0.25, 0.3) is 5.56 Å². The van der Waals surface area contributed by atoms with Crippen LogP contribution < -0.4 is 5.56 Å². The first-order valence-electron chi connectivity index (χ1n) is 8.21. The number of hydrogen-bond donors (Lipinski definition) is 1. The zero-order chi connectivity index (χ0) is 15.9. The van der Waals surface area contributed by atoms with E-state index in [2.05, 4.69) is 45.8 Å². The molecule has 0 unspecified atom stereocenters. The second-order valence-electron chi connectivity index (χ2n) is 7.91. The van der Waals surface area contributed by atoms with Gasteiger partial charge in [0.15, 0.2) is 0 Å². The number of aromatic nitrogens is 2. The highest BCUT2D eigenvalue weighted by Gasteiger charge is 2.61. The molecule has 2 aromatic rings. The van der Waals surface area contributed by atoms with Crippen molar-refractivity contribution in [2.75, 3.05) is 0 Å². The molecule has 1 heterocycles. The van der Waals surface area contributed by atoms with E-state index in [9.17, 15) is 4.79 Å². The predicted octanol–water partition coefficient (Wildman–Crippen LogP) is 3.96. The molecule has 0 saturated heterocycles. The fourth-order valence-corrected chi connectivity index (χ4v) is 4.79. The number of nitrogens with one attached hydrogen (secondary N) is 1. The maximum absolute atomic E-state index is 13.1. The molecule has 0 aliphatic heterocycles. The highest BCUT2D eigenvalue weighted by Crippen LogP contribution is 2.66. The van der Waals surface area contributed by atoms with E-state index >= 15 is 0 Å². The summed E-state index contributed by atoms with van der Waals surface area (Å²) in [6, 6.07) is 6.15. The Hall–Kier alpha value is -1.77. The van der Waals surface area contributed by atoms with Crippen LogP contribution in [0.2, 0.25) is 0 Å². The molecule has 2 aliphatic carbocycles. The van der Waals surface area contributed by atoms with Gasteiger partial charge in [-0.25, -0.2) is 4.68 Å². The fourth-order valence-electron chi connectivity index (χ4n) is 4.79. The molecule has 0 spiro atoms. The van der Waals surface area contributed by atoms with Crippen molar-refractivity contribution in [3.63, 3.8) is 0 Å². The van der Waals surface area contributed by atoms with Crippen LogP contribution in [0.5, 0.6) is 0 Å². The van der Waals surface area contributed by atoms with Gasteiger partial charge in [0.05, 0.1) is 5.69 Å². The first-order valence-corrected chi connectivity index (χ1v) is 8.21. The highest BCUT2D eigenvalue weighted by molar-refractivity contribution is 5.49. The third-order valence-corrected chi connectivity index (χ3v) is 6.87. The maximum Gasteiger partial charge on any atom is 0.275 e. The molecule has 2 aliphatic rings. The first-order chi connectivity index (χ1) is 10.3. The Kier molecular flexibility index (Phi) is 2.49. The van der Waals surface area contributed by atoms with Crippen molar-refractivity contribution in [3.05, 3.63) is 50.9 Å². The third kappa shape index (κ3) is 1.35. The third-order valence-electron chi connectivity index (χ3n) is 6.87. The predicted molar refractivity (Wildman–Crippen MR) is 89.0 cm³/mol. The normalized spacial score (nSPS) is 28.1. The van der Waals surface area contributed by atoms with Gasteiger partial charge in [-0.1, -0.05) is 32.9 Å². The van der Waals surface area contributed by atoms with Gasteiger partial charge in [0.2, 0.25) is 0 Å². The van der Waals surface area contributed by atoms with Crippen LogP contribution in [0.15, 0.2) is 23.0 Å². The largest absolute Gasteiger partial charge is 0.294 e. The van der Waals surface area contributed by atoms with Crippen LogP contribution in [0.3, 0.4) is 0 Å². The lowest BCUT2D eigenvalue weighted by Crippen LogP contribution is -2.33. The Morgan fingerprint density at radius 1 is 1.23 bits per heavy atom. The van der Waals surface area contributed by atoms with Crippen molar-refractivity contribution in [3.8, 4) is 5.69 Å². The summed E-state index contributed by atoms with van der Waals surface area (Å²) in [4.78, 5) is 13.1. The summed E-state index contributed by atoms with van der Waals surface area (Å²) in [6.45, 7) is 11.1. The van der Waals surface area contributed by atoms with Crippen LogP contribution in [0.25, 0.3) is 5.69 Å². The van der Waals surface area contributed by atoms with Gasteiger partial charge in [-0.05, 0) is 55.2 Å². The second-order valence-corrected chi connectivity index (χ2v) is 7.91. The summed E-state index contributed by atoms with van der Waals surface area (Å²) in [6.07, 6.45) is 2.31. The minimum atomic E-state index is 0.0924. The summed E-state index contributed by atoms with van der Waals surface area (Å²) in [5.41, 5.74) is 6.02. The Labute approximate surface area is 131 Å². The molecule has 22 heavy (non-hydrogen) atoms. The van der Waals surface area contributed by atoms with E-state index in [0.717, 1.165) is 17.7 Å². The maximum atomic E-state index is 13.1. The van der Waals surface area contributed by atoms with Crippen molar-refractivity contribution >= 4 is 0 Å². The minimum absolute atomic E-state index is 0.0924. The van der Waals surface area contributed by atoms with Crippen molar-refractivity contribution in [1.29, 1.82) is 0 Å². The molecule has 116 valence electrons. The molecule has 2 atom stereocenters. The number of hydrogen-bond acceptors (Lipinski definition) is 1. The molecule has 3 heteroatoms. The highest BCUT2D eigenvalue weighted by atomic mass is 16.1. The van der Waals surface area contributed by atoms with Crippen LogP contribution >= 0.6 is 0 Å². The number of rotatable bonds is 1. The number of nitrogens with zero attached hydrogens (tertiary/aromatic N) is 1. The summed E-state index contributed by atoms with van der Waals surface area (Å²) < 4.78 is 1.78. The fraction of sp³-hybridized carbons (Fsp3) is 0.526. The van der Waals surface area contributed by atoms with Gasteiger partial charge in [-0.15, -0.1) is 0 Å². The Balaban J connectivity index is 1.98. The average Bonchev–Trinajstić information content (AvgIpc) is 2.97. The minimum Gasteiger partial charge on any atom is -0.294 e. The van der Waals surface area contributed by atoms with Gasteiger partial charge in [0, 0.05) is 16.7 Å². The number of fused-ring (bicyclic) bond motifs is 5. The molecule has 0 amide bonds. The van der Waals surface area contributed by atoms with Crippen LogP contribution in [0.4, 0.5) is 0 Å².